The van der Waals surface area contributed by atoms with Crippen molar-refractivity contribution in [2.24, 2.45) is 0 Å². The summed E-state index contributed by atoms with van der Waals surface area (Å²) in [4.78, 5) is 6.03. The molecule has 1 aromatic carbocycles. The molecule has 4 heterocycles. The number of rotatable bonds is 8. The Bertz CT molecular complexity index is 1440. The highest BCUT2D eigenvalue weighted by atomic mass is 19.4. The lowest BCUT2D eigenvalue weighted by Gasteiger charge is -2.30. The Hall–Kier alpha value is -3.35. The zero-order chi connectivity index (χ0) is 27.0. The molecule has 0 bridgehead atoms. The molecule has 2 atom stereocenters. The first-order valence-electron chi connectivity index (χ1n) is 12.4. The second-order valence-corrected chi connectivity index (χ2v) is 9.66. The predicted octanol–water partition coefficient (Wildman–Crippen LogP) is 4.13. The third-order valence-electron chi connectivity index (χ3n) is 6.49. The van der Waals surface area contributed by atoms with Gasteiger partial charge in [0.15, 0.2) is 11.5 Å². The van der Waals surface area contributed by atoms with Gasteiger partial charge in [0.1, 0.15) is 28.8 Å². The molecule has 38 heavy (non-hydrogen) atoms. The summed E-state index contributed by atoms with van der Waals surface area (Å²) in [5.74, 6) is 0.0597. The standard InChI is InChI=1S/C26H28F4N6O2/c1-15(2)38-21-12-18(27)11-16-3-5-20(32-23(16)21)25-34-33-22-6-4-17(13-36(22)25)24(26(28,29)30)35-9-7-19(14-35)31-8-10-37/h3-6,11-13,15,19,24,31,37H,7-10,14H2,1-2H3. The molecule has 4 aromatic rings. The predicted molar refractivity (Wildman–Crippen MR) is 133 cm³/mol. The molecule has 1 fully saturated rings. The first-order chi connectivity index (χ1) is 18.1. The van der Waals surface area contributed by atoms with Crippen LogP contribution in [0.15, 0.2) is 42.6 Å². The van der Waals surface area contributed by atoms with E-state index < -0.39 is 18.0 Å². The van der Waals surface area contributed by atoms with E-state index in [9.17, 15) is 17.6 Å². The molecule has 2 unspecified atom stereocenters. The molecule has 0 radical (unpaired) electrons. The Morgan fingerprint density at radius 1 is 1.16 bits per heavy atom. The summed E-state index contributed by atoms with van der Waals surface area (Å²) in [6.07, 6.45) is -2.78. The molecule has 5 rings (SSSR count). The van der Waals surface area contributed by atoms with Gasteiger partial charge in [-0.05, 0) is 44.0 Å². The van der Waals surface area contributed by atoms with Crippen LogP contribution in [0, 0.1) is 5.82 Å². The van der Waals surface area contributed by atoms with Gasteiger partial charge >= 0.3 is 6.18 Å². The molecule has 202 valence electrons. The van der Waals surface area contributed by atoms with Crippen molar-refractivity contribution in [3.63, 3.8) is 0 Å². The minimum absolute atomic E-state index is 0.0561. The van der Waals surface area contributed by atoms with Crippen molar-refractivity contribution in [1.29, 1.82) is 0 Å². The number of fused-ring (bicyclic) bond motifs is 2. The van der Waals surface area contributed by atoms with Gasteiger partial charge in [-0.2, -0.15) is 13.2 Å². The zero-order valence-electron chi connectivity index (χ0n) is 20.9. The smallest absolute Gasteiger partial charge is 0.408 e. The van der Waals surface area contributed by atoms with Gasteiger partial charge in [0.2, 0.25) is 0 Å². The highest BCUT2D eigenvalue weighted by Crippen LogP contribution is 2.40. The SMILES string of the molecule is CC(C)Oc1cc(F)cc2ccc(-c3nnc4ccc(C(N5CCC(NCCO)C5)C(F)(F)F)cn34)nc12. The van der Waals surface area contributed by atoms with E-state index in [0.717, 1.165) is 0 Å². The van der Waals surface area contributed by atoms with Gasteiger partial charge in [-0.3, -0.25) is 9.30 Å². The van der Waals surface area contributed by atoms with E-state index in [-0.39, 0.29) is 49.0 Å². The average molecular weight is 533 g/mol. The van der Waals surface area contributed by atoms with E-state index >= 15 is 0 Å². The van der Waals surface area contributed by atoms with E-state index in [0.29, 0.717) is 35.2 Å². The Morgan fingerprint density at radius 3 is 2.71 bits per heavy atom. The van der Waals surface area contributed by atoms with Crippen LogP contribution in [0.25, 0.3) is 28.1 Å². The van der Waals surface area contributed by atoms with Crippen LogP contribution in [0.4, 0.5) is 17.6 Å². The molecule has 0 aliphatic carbocycles. The van der Waals surface area contributed by atoms with E-state index in [1.807, 2.05) is 13.8 Å². The Kier molecular flexibility index (Phi) is 7.21. The number of hydrogen-bond donors (Lipinski definition) is 2. The number of likely N-dealkylation sites (tertiary alicyclic amines) is 1. The van der Waals surface area contributed by atoms with Crippen LogP contribution < -0.4 is 10.1 Å². The van der Waals surface area contributed by atoms with Crippen molar-refractivity contribution < 1.29 is 27.4 Å². The van der Waals surface area contributed by atoms with E-state index in [2.05, 4.69) is 20.5 Å². The van der Waals surface area contributed by atoms with Crippen molar-refractivity contribution in [3.8, 4) is 17.3 Å². The van der Waals surface area contributed by atoms with Gasteiger partial charge in [-0.1, -0.05) is 12.1 Å². The number of alkyl halides is 3. The molecule has 2 N–H and O–H groups in total. The summed E-state index contributed by atoms with van der Waals surface area (Å²) >= 11 is 0. The van der Waals surface area contributed by atoms with E-state index in [1.165, 1.54) is 39.8 Å². The van der Waals surface area contributed by atoms with Crippen molar-refractivity contribution in [1.82, 2.24) is 29.8 Å². The number of halogens is 4. The van der Waals surface area contributed by atoms with Gasteiger partial charge in [0, 0.05) is 43.3 Å². The summed E-state index contributed by atoms with van der Waals surface area (Å²) in [5.41, 5.74) is 1.20. The Morgan fingerprint density at radius 2 is 1.97 bits per heavy atom. The quantitative estimate of drug-likeness (QED) is 0.330. The summed E-state index contributed by atoms with van der Waals surface area (Å²) in [6, 6.07) is 6.87. The van der Waals surface area contributed by atoms with Gasteiger partial charge in [0.25, 0.3) is 0 Å². The number of aromatic nitrogens is 4. The third kappa shape index (κ3) is 5.29. The molecular weight excluding hydrogens is 504 g/mol. The lowest BCUT2D eigenvalue weighted by atomic mass is 10.1. The van der Waals surface area contributed by atoms with E-state index in [1.54, 1.807) is 12.1 Å². The molecular formula is C26H28F4N6O2. The molecule has 0 saturated carbocycles. The number of ether oxygens (including phenoxy) is 1. The first-order valence-corrected chi connectivity index (χ1v) is 12.4. The van der Waals surface area contributed by atoms with Crippen molar-refractivity contribution >= 4 is 16.6 Å². The molecule has 0 amide bonds. The van der Waals surface area contributed by atoms with Crippen LogP contribution in [0.2, 0.25) is 0 Å². The highest BCUT2D eigenvalue weighted by molar-refractivity contribution is 5.86. The first kappa shape index (κ1) is 26.3. The fourth-order valence-electron chi connectivity index (χ4n) is 4.94. The topological polar surface area (TPSA) is 87.8 Å². The van der Waals surface area contributed by atoms with Crippen LogP contribution in [-0.2, 0) is 0 Å². The maximum atomic E-state index is 14.3. The maximum Gasteiger partial charge on any atom is 0.408 e. The van der Waals surface area contributed by atoms with E-state index in [4.69, 9.17) is 9.84 Å². The van der Waals surface area contributed by atoms with Gasteiger partial charge < -0.3 is 15.2 Å². The molecule has 3 aromatic heterocycles. The Labute approximate surface area is 216 Å². The summed E-state index contributed by atoms with van der Waals surface area (Å²) in [7, 11) is 0. The molecule has 8 nitrogen and oxygen atoms in total. The lowest BCUT2D eigenvalue weighted by molar-refractivity contribution is -0.184. The Balaban J connectivity index is 1.54. The monoisotopic (exact) mass is 532 g/mol. The van der Waals surface area contributed by atoms with Crippen LogP contribution in [-0.4, -0.2) is 74.2 Å². The van der Waals surface area contributed by atoms with Gasteiger partial charge in [-0.15, -0.1) is 10.2 Å². The fourth-order valence-corrected chi connectivity index (χ4v) is 4.94. The van der Waals surface area contributed by atoms with Crippen LogP contribution in [0.3, 0.4) is 0 Å². The van der Waals surface area contributed by atoms with Crippen LogP contribution in [0.1, 0.15) is 31.9 Å². The van der Waals surface area contributed by atoms with Gasteiger partial charge in [-0.25, -0.2) is 9.37 Å². The molecule has 1 aliphatic rings. The molecule has 1 saturated heterocycles. The largest absolute Gasteiger partial charge is 0.489 e. The van der Waals surface area contributed by atoms with Crippen LogP contribution in [0.5, 0.6) is 5.75 Å². The minimum Gasteiger partial charge on any atom is -0.489 e. The highest BCUT2D eigenvalue weighted by Gasteiger charge is 2.46. The number of nitrogens with one attached hydrogen (secondary N) is 1. The lowest BCUT2D eigenvalue weighted by Crippen LogP contribution is -2.40. The number of nitrogens with zero attached hydrogens (tertiary/aromatic N) is 5. The number of aliphatic hydroxyl groups is 1. The number of hydrogen-bond acceptors (Lipinski definition) is 7. The maximum absolute atomic E-state index is 14.3. The molecule has 0 spiro atoms. The second kappa shape index (κ2) is 10.4. The minimum atomic E-state index is -4.51. The van der Waals surface area contributed by atoms with Crippen molar-refractivity contribution in [2.45, 2.75) is 44.6 Å². The summed E-state index contributed by atoms with van der Waals surface area (Å²) in [6.45, 7) is 4.36. The number of benzene rings is 1. The normalized spacial score (nSPS) is 17.6. The van der Waals surface area contributed by atoms with Crippen molar-refractivity contribution in [2.75, 3.05) is 26.2 Å². The van der Waals surface area contributed by atoms with Gasteiger partial charge in [0.05, 0.1) is 12.7 Å². The summed E-state index contributed by atoms with van der Waals surface area (Å²) in [5, 5.41) is 21.0. The third-order valence-corrected chi connectivity index (χ3v) is 6.49. The van der Waals surface area contributed by atoms with Crippen LogP contribution >= 0.6 is 0 Å². The number of pyridine rings is 2. The second-order valence-electron chi connectivity index (χ2n) is 9.66. The average Bonchev–Trinajstić information content (AvgIpc) is 3.48. The summed E-state index contributed by atoms with van der Waals surface area (Å²) < 4.78 is 64.4. The van der Waals surface area contributed by atoms with Crippen molar-refractivity contribution in [3.05, 3.63) is 54.0 Å². The molecule has 12 heteroatoms. The molecule has 1 aliphatic heterocycles. The fraction of sp³-hybridized carbons (Fsp3) is 0.423. The number of aliphatic hydroxyl groups excluding tert-OH is 1. The zero-order valence-corrected chi connectivity index (χ0v) is 20.9.